The first kappa shape index (κ1) is 16.0. The van der Waals surface area contributed by atoms with Crippen LogP contribution in [0.15, 0.2) is 29.2 Å². The normalized spacial score (nSPS) is 14.8. The van der Waals surface area contributed by atoms with E-state index in [1.54, 1.807) is 24.3 Å². The third-order valence-corrected chi connectivity index (χ3v) is 4.95. The molecule has 0 aromatic heterocycles. The van der Waals surface area contributed by atoms with Gasteiger partial charge in [0, 0.05) is 24.7 Å². The van der Waals surface area contributed by atoms with Gasteiger partial charge in [-0.25, -0.2) is 13.1 Å². The quantitative estimate of drug-likeness (QED) is 0.745. The van der Waals surface area contributed by atoms with Crippen LogP contribution in [0.3, 0.4) is 0 Å². The van der Waals surface area contributed by atoms with E-state index >= 15 is 0 Å². The van der Waals surface area contributed by atoms with Crippen LogP contribution in [0.4, 0.5) is 0 Å². The number of rotatable bonds is 6. The number of nitrogens with two attached hydrogens (primary N) is 1. The first-order valence-electron chi connectivity index (χ1n) is 7.02. The number of sulfonamides is 1. The van der Waals surface area contributed by atoms with E-state index < -0.39 is 10.0 Å². The van der Waals surface area contributed by atoms with Crippen LogP contribution in [-0.4, -0.2) is 46.0 Å². The zero-order valence-corrected chi connectivity index (χ0v) is 13.0. The van der Waals surface area contributed by atoms with Crippen LogP contribution < -0.4 is 10.5 Å². The highest BCUT2D eigenvalue weighted by atomic mass is 32.2. The number of hydrogen-bond acceptors (Lipinski definition) is 4. The largest absolute Gasteiger partial charge is 0.320 e. The molecule has 0 atom stereocenters. The fourth-order valence-electron chi connectivity index (χ4n) is 2.08. The molecule has 1 aliphatic rings. The zero-order valence-electron chi connectivity index (χ0n) is 12.2. The summed E-state index contributed by atoms with van der Waals surface area (Å²) in [6.07, 6.45) is 2.42. The first-order chi connectivity index (χ1) is 10.0. The molecule has 21 heavy (non-hydrogen) atoms. The average Bonchev–Trinajstić information content (AvgIpc) is 3.29. The highest BCUT2D eigenvalue weighted by molar-refractivity contribution is 7.89. The van der Waals surface area contributed by atoms with E-state index in [0.717, 1.165) is 0 Å². The molecule has 2 rings (SSSR count). The molecule has 0 heterocycles. The van der Waals surface area contributed by atoms with Crippen LogP contribution >= 0.6 is 0 Å². The van der Waals surface area contributed by atoms with Crippen LogP contribution in [0, 0.1) is 11.8 Å². The maximum absolute atomic E-state index is 12.4. The second kappa shape index (κ2) is 7.05. The predicted octanol–water partition coefficient (Wildman–Crippen LogP) is 0.369. The van der Waals surface area contributed by atoms with Crippen molar-refractivity contribution in [1.82, 2.24) is 9.62 Å². The molecule has 0 saturated heterocycles. The van der Waals surface area contributed by atoms with Gasteiger partial charge in [0.2, 0.25) is 10.0 Å². The minimum atomic E-state index is -3.54. The average molecular weight is 307 g/mol. The smallest absolute Gasteiger partial charge is 0.241 e. The van der Waals surface area contributed by atoms with Gasteiger partial charge in [0.15, 0.2) is 0 Å². The van der Waals surface area contributed by atoms with Crippen molar-refractivity contribution in [1.29, 1.82) is 0 Å². The van der Waals surface area contributed by atoms with Gasteiger partial charge in [-0.2, -0.15) is 0 Å². The molecule has 0 aliphatic heterocycles. The van der Waals surface area contributed by atoms with E-state index in [4.69, 9.17) is 5.73 Å². The molecular weight excluding hydrogens is 286 g/mol. The van der Waals surface area contributed by atoms with Crippen LogP contribution in [0.2, 0.25) is 0 Å². The monoisotopic (exact) mass is 307 g/mol. The molecule has 1 aromatic rings. The molecular formula is C15H21N3O2S. The molecule has 1 aliphatic carbocycles. The Hall–Kier alpha value is -1.39. The summed E-state index contributed by atoms with van der Waals surface area (Å²) in [4.78, 5) is 2.39. The number of likely N-dealkylation sites (N-methyl/N-ethyl adjacent to an activating group) is 1. The fraction of sp³-hybridized carbons (Fsp3) is 0.467. The summed E-state index contributed by atoms with van der Waals surface area (Å²) in [7, 11) is -1.52. The first-order valence-corrected chi connectivity index (χ1v) is 8.51. The summed E-state index contributed by atoms with van der Waals surface area (Å²) in [5.74, 6) is 5.49. The molecule has 3 N–H and O–H groups in total. The summed E-state index contributed by atoms with van der Waals surface area (Å²) in [6.45, 7) is 1.31. The third kappa shape index (κ3) is 4.55. The number of hydrogen-bond donors (Lipinski definition) is 2. The van der Waals surface area contributed by atoms with E-state index in [9.17, 15) is 8.42 Å². The second-order valence-corrected chi connectivity index (χ2v) is 6.85. The Balaban J connectivity index is 2.04. The minimum Gasteiger partial charge on any atom is -0.320 e. The molecule has 1 saturated carbocycles. The van der Waals surface area contributed by atoms with Crippen molar-refractivity contribution in [2.24, 2.45) is 5.73 Å². The van der Waals surface area contributed by atoms with Crippen LogP contribution in [0.5, 0.6) is 0 Å². The fourth-order valence-corrected chi connectivity index (χ4v) is 3.26. The Labute approximate surface area is 126 Å². The molecule has 1 aromatic carbocycles. The summed E-state index contributed by atoms with van der Waals surface area (Å²) in [5.41, 5.74) is 5.82. The van der Waals surface area contributed by atoms with E-state index in [0.29, 0.717) is 24.7 Å². The number of nitrogens with one attached hydrogen (secondary N) is 1. The van der Waals surface area contributed by atoms with Crippen LogP contribution in [0.25, 0.3) is 0 Å². The van der Waals surface area contributed by atoms with Gasteiger partial charge < -0.3 is 10.6 Å². The van der Waals surface area contributed by atoms with Gasteiger partial charge in [0.05, 0.1) is 11.4 Å². The van der Waals surface area contributed by atoms with E-state index in [1.165, 1.54) is 12.8 Å². The van der Waals surface area contributed by atoms with Crippen molar-refractivity contribution in [3.63, 3.8) is 0 Å². The van der Waals surface area contributed by atoms with Crippen molar-refractivity contribution >= 4 is 10.0 Å². The van der Waals surface area contributed by atoms with E-state index in [-0.39, 0.29) is 11.4 Å². The maximum Gasteiger partial charge on any atom is 0.241 e. The summed E-state index contributed by atoms with van der Waals surface area (Å²) in [6, 6.07) is 7.33. The Morgan fingerprint density at radius 3 is 2.76 bits per heavy atom. The Kier molecular flexibility index (Phi) is 5.37. The van der Waals surface area contributed by atoms with Gasteiger partial charge in [-0.05, 0) is 32.0 Å². The summed E-state index contributed by atoms with van der Waals surface area (Å²) in [5, 5.41) is 0. The zero-order chi connectivity index (χ0) is 15.3. The molecule has 0 radical (unpaired) electrons. The Bertz CT molecular complexity index is 642. The molecule has 114 valence electrons. The minimum absolute atomic E-state index is 0.202. The number of benzene rings is 1. The van der Waals surface area contributed by atoms with Crippen molar-refractivity contribution in [3.8, 4) is 11.8 Å². The molecule has 0 amide bonds. The molecule has 1 fully saturated rings. The predicted molar refractivity (Wildman–Crippen MR) is 83.2 cm³/mol. The van der Waals surface area contributed by atoms with Crippen molar-refractivity contribution in [3.05, 3.63) is 29.8 Å². The van der Waals surface area contributed by atoms with Crippen LogP contribution in [0.1, 0.15) is 18.4 Å². The van der Waals surface area contributed by atoms with Crippen LogP contribution in [-0.2, 0) is 10.0 Å². The Morgan fingerprint density at radius 2 is 2.10 bits per heavy atom. The lowest BCUT2D eigenvalue weighted by atomic mass is 10.2. The Morgan fingerprint density at radius 1 is 1.38 bits per heavy atom. The molecule has 0 spiro atoms. The maximum atomic E-state index is 12.4. The lowest BCUT2D eigenvalue weighted by Gasteiger charge is -2.16. The van der Waals surface area contributed by atoms with Crippen molar-refractivity contribution < 1.29 is 8.42 Å². The van der Waals surface area contributed by atoms with E-state index in [2.05, 4.69) is 21.5 Å². The molecule has 5 nitrogen and oxygen atoms in total. The summed E-state index contributed by atoms with van der Waals surface area (Å²) >= 11 is 0. The number of nitrogens with zero attached hydrogens (tertiary/aromatic N) is 1. The van der Waals surface area contributed by atoms with Gasteiger partial charge in [-0.3, -0.25) is 0 Å². The topological polar surface area (TPSA) is 75.4 Å². The standard InChI is InChI=1S/C15H21N3O2S/c1-18(14-8-9-14)12-11-17-21(19,20)15-7-3-2-5-13(15)6-4-10-16/h2-3,5,7,14,17H,8-12,16H2,1H3. The van der Waals surface area contributed by atoms with E-state index in [1.807, 2.05) is 7.05 Å². The lowest BCUT2D eigenvalue weighted by Crippen LogP contribution is -2.34. The third-order valence-electron chi connectivity index (χ3n) is 3.43. The molecule has 6 heteroatoms. The molecule has 0 bridgehead atoms. The highest BCUT2D eigenvalue weighted by Gasteiger charge is 2.26. The summed E-state index contributed by atoms with van der Waals surface area (Å²) < 4.78 is 27.3. The second-order valence-electron chi connectivity index (χ2n) is 5.11. The van der Waals surface area contributed by atoms with Gasteiger partial charge in [0.25, 0.3) is 0 Å². The van der Waals surface area contributed by atoms with Gasteiger partial charge in [-0.1, -0.05) is 24.0 Å². The SMILES string of the molecule is CN(CCNS(=O)(=O)c1ccccc1C#CCN)C1CC1. The van der Waals surface area contributed by atoms with Gasteiger partial charge in [-0.15, -0.1) is 0 Å². The molecule has 0 unspecified atom stereocenters. The van der Waals surface area contributed by atoms with Crippen molar-refractivity contribution in [2.75, 3.05) is 26.7 Å². The van der Waals surface area contributed by atoms with Crippen molar-refractivity contribution in [2.45, 2.75) is 23.8 Å². The highest BCUT2D eigenvalue weighted by Crippen LogP contribution is 2.24. The lowest BCUT2D eigenvalue weighted by molar-refractivity contribution is 0.329. The van der Waals surface area contributed by atoms with Gasteiger partial charge in [0.1, 0.15) is 0 Å². The van der Waals surface area contributed by atoms with Gasteiger partial charge >= 0.3 is 0 Å².